The maximum atomic E-state index is 13.0. The normalized spacial score (nSPS) is 13.5. The van der Waals surface area contributed by atoms with Gasteiger partial charge in [-0.25, -0.2) is 0 Å². The first-order valence-electron chi connectivity index (χ1n) is 10.7. The van der Waals surface area contributed by atoms with Gasteiger partial charge in [-0.15, -0.1) is 0 Å². The number of aliphatic hydroxyl groups is 1. The largest absolute Gasteiger partial charge is 0.394 e. The van der Waals surface area contributed by atoms with Crippen LogP contribution in [-0.2, 0) is 6.54 Å². The van der Waals surface area contributed by atoms with Gasteiger partial charge in [0.25, 0.3) is 5.56 Å². The van der Waals surface area contributed by atoms with Gasteiger partial charge in [-0.3, -0.25) is 14.8 Å². The average Bonchev–Trinajstić information content (AvgIpc) is 3.24. The third-order valence-electron chi connectivity index (χ3n) is 5.97. The molecule has 0 radical (unpaired) electrons. The quantitative estimate of drug-likeness (QED) is 0.469. The average molecular weight is 456 g/mol. The highest BCUT2D eigenvalue weighted by Gasteiger charge is 2.19. The number of benzene rings is 2. The summed E-state index contributed by atoms with van der Waals surface area (Å²) >= 11 is 6.11. The first kappa shape index (κ1) is 21.3. The number of aliphatic hydroxyl groups excluding tert-OH is 1. The maximum Gasteiger partial charge on any atom is 0.251 e. The van der Waals surface area contributed by atoms with Crippen molar-refractivity contribution in [2.45, 2.75) is 19.5 Å². The Morgan fingerprint density at radius 3 is 2.64 bits per heavy atom. The monoisotopic (exact) mass is 455 g/mol. The summed E-state index contributed by atoms with van der Waals surface area (Å²) in [4.78, 5) is 22.0. The Kier molecular flexibility index (Phi) is 5.67. The second kappa shape index (κ2) is 8.77. The van der Waals surface area contributed by atoms with E-state index in [-0.39, 0.29) is 12.2 Å². The number of nitrogens with zero attached hydrogens (tertiary/aromatic N) is 3. The molecule has 2 aromatic carbocycles. The minimum absolute atomic E-state index is 0.189. The summed E-state index contributed by atoms with van der Waals surface area (Å²) in [5.41, 5.74) is 7.54. The minimum Gasteiger partial charge on any atom is -0.394 e. The van der Waals surface area contributed by atoms with Crippen LogP contribution in [0.5, 0.6) is 0 Å². The Bertz CT molecular complexity index is 1440. The van der Waals surface area contributed by atoms with Crippen LogP contribution in [0.15, 0.2) is 88.9 Å². The van der Waals surface area contributed by atoms with Crippen LogP contribution in [0.4, 0.5) is 0 Å². The molecule has 0 aliphatic carbocycles. The molecule has 1 aliphatic heterocycles. The number of halogens is 1. The van der Waals surface area contributed by atoms with Gasteiger partial charge in [0.1, 0.15) is 0 Å². The molecule has 2 aromatic heterocycles. The van der Waals surface area contributed by atoms with Crippen molar-refractivity contribution in [3.63, 3.8) is 0 Å². The van der Waals surface area contributed by atoms with Crippen molar-refractivity contribution >= 4 is 17.3 Å². The molecule has 0 fully saturated rings. The molecule has 5 nitrogen and oxygen atoms in total. The summed E-state index contributed by atoms with van der Waals surface area (Å²) in [5.74, 6) is 0. The van der Waals surface area contributed by atoms with E-state index in [4.69, 9.17) is 16.6 Å². The van der Waals surface area contributed by atoms with Gasteiger partial charge in [-0.05, 0) is 65.6 Å². The van der Waals surface area contributed by atoms with Gasteiger partial charge in [0.2, 0.25) is 0 Å². The molecule has 0 amide bonds. The molecule has 3 heterocycles. The number of hydrogen-bond acceptors (Lipinski definition) is 4. The SMILES string of the molecule is Cc1cc(C2=NCc3ccc(-c4ccn([C@H](CO)c5cccc(Cl)c5)c(=O)c4)cc32)ccn1. The number of aliphatic imine (C=N–C) groups is 1. The molecule has 5 rings (SSSR count). The first-order valence-corrected chi connectivity index (χ1v) is 11.1. The lowest BCUT2D eigenvalue weighted by Gasteiger charge is -2.19. The van der Waals surface area contributed by atoms with Crippen molar-refractivity contribution in [3.8, 4) is 11.1 Å². The van der Waals surface area contributed by atoms with Crippen LogP contribution >= 0.6 is 11.6 Å². The van der Waals surface area contributed by atoms with Crippen molar-refractivity contribution in [2.75, 3.05) is 6.61 Å². The van der Waals surface area contributed by atoms with Gasteiger partial charge in [0.05, 0.1) is 24.9 Å². The van der Waals surface area contributed by atoms with Gasteiger partial charge in [0, 0.05) is 40.3 Å². The van der Waals surface area contributed by atoms with Crippen molar-refractivity contribution in [1.29, 1.82) is 0 Å². The molecule has 164 valence electrons. The van der Waals surface area contributed by atoms with E-state index in [1.807, 2.05) is 43.3 Å². The number of fused-ring (bicyclic) bond motifs is 1. The van der Waals surface area contributed by atoms with E-state index in [1.54, 1.807) is 30.6 Å². The molecule has 6 heteroatoms. The molecule has 4 aromatic rings. The summed E-state index contributed by atoms with van der Waals surface area (Å²) < 4.78 is 1.54. The van der Waals surface area contributed by atoms with Crippen molar-refractivity contribution < 1.29 is 5.11 Å². The van der Waals surface area contributed by atoms with Gasteiger partial charge in [0.15, 0.2) is 0 Å². The highest BCUT2D eigenvalue weighted by molar-refractivity contribution is 6.30. The van der Waals surface area contributed by atoms with Gasteiger partial charge < -0.3 is 9.67 Å². The Balaban J connectivity index is 1.50. The molecule has 0 bridgehead atoms. The van der Waals surface area contributed by atoms with E-state index >= 15 is 0 Å². The van der Waals surface area contributed by atoms with E-state index in [0.29, 0.717) is 11.6 Å². The van der Waals surface area contributed by atoms with Crippen LogP contribution in [0, 0.1) is 6.92 Å². The predicted molar refractivity (Wildman–Crippen MR) is 131 cm³/mol. The van der Waals surface area contributed by atoms with Crippen LogP contribution < -0.4 is 5.56 Å². The number of aryl methyl sites for hydroxylation is 1. The number of pyridine rings is 2. The summed E-state index contributed by atoms with van der Waals surface area (Å²) in [7, 11) is 0. The summed E-state index contributed by atoms with van der Waals surface area (Å²) in [6.45, 7) is 2.41. The zero-order valence-corrected chi connectivity index (χ0v) is 18.8. The number of aromatic nitrogens is 2. The highest BCUT2D eigenvalue weighted by atomic mass is 35.5. The topological polar surface area (TPSA) is 67.5 Å². The molecule has 33 heavy (non-hydrogen) atoms. The lowest BCUT2D eigenvalue weighted by molar-refractivity contribution is 0.247. The van der Waals surface area contributed by atoms with Gasteiger partial charge in [-0.2, -0.15) is 0 Å². The van der Waals surface area contributed by atoms with E-state index < -0.39 is 6.04 Å². The van der Waals surface area contributed by atoms with Crippen LogP contribution in [0.1, 0.15) is 34.0 Å². The van der Waals surface area contributed by atoms with Crippen LogP contribution in [0.2, 0.25) is 5.02 Å². The third kappa shape index (κ3) is 4.13. The number of rotatable bonds is 5. The Labute approximate surface area is 196 Å². The fourth-order valence-electron chi connectivity index (χ4n) is 4.30. The van der Waals surface area contributed by atoms with E-state index in [1.165, 1.54) is 4.57 Å². The molecule has 0 unspecified atom stereocenters. The molecule has 0 spiro atoms. The van der Waals surface area contributed by atoms with Crippen molar-refractivity contribution in [1.82, 2.24) is 9.55 Å². The van der Waals surface area contributed by atoms with E-state index in [9.17, 15) is 9.90 Å². The Morgan fingerprint density at radius 2 is 1.88 bits per heavy atom. The molecule has 0 saturated heterocycles. The Morgan fingerprint density at radius 1 is 1.03 bits per heavy atom. The molecule has 1 N–H and O–H groups in total. The molecular formula is C27H22ClN3O2. The molecule has 0 saturated carbocycles. The van der Waals surface area contributed by atoms with E-state index in [2.05, 4.69) is 17.1 Å². The summed E-state index contributed by atoms with van der Waals surface area (Å²) in [5, 5.41) is 10.5. The maximum absolute atomic E-state index is 13.0. The third-order valence-corrected chi connectivity index (χ3v) is 6.20. The zero-order valence-electron chi connectivity index (χ0n) is 18.1. The van der Waals surface area contributed by atoms with Crippen LogP contribution in [-0.4, -0.2) is 27.0 Å². The van der Waals surface area contributed by atoms with Crippen LogP contribution in [0.3, 0.4) is 0 Å². The zero-order chi connectivity index (χ0) is 22.9. The standard InChI is InChI=1S/C27H22ClN3O2/c1-17-11-21(7-9-29-17)27-24-13-18(5-6-22(24)15-30-27)19-8-10-31(26(33)14-19)25(16-32)20-3-2-4-23(28)12-20/h2-14,25,32H,15-16H2,1H3/t25-/m1/s1. The van der Waals surface area contributed by atoms with Crippen molar-refractivity contribution in [3.05, 3.63) is 122 Å². The Hall–Kier alpha value is -3.54. The predicted octanol–water partition coefficient (Wildman–Crippen LogP) is 4.80. The summed E-state index contributed by atoms with van der Waals surface area (Å²) in [6.07, 6.45) is 3.53. The van der Waals surface area contributed by atoms with Crippen molar-refractivity contribution in [2.24, 2.45) is 4.99 Å². The fraction of sp³-hybridized carbons (Fsp3) is 0.148. The molecule has 1 aliphatic rings. The lowest BCUT2D eigenvalue weighted by atomic mass is 9.95. The lowest BCUT2D eigenvalue weighted by Crippen LogP contribution is -2.26. The number of hydrogen-bond donors (Lipinski definition) is 1. The molecular weight excluding hydrogens is 434 g/mol. The summed E-state index contributed by atoms with van der Waals surface area (Å²) in [6, 6.07) is 20.4. The second-order valence-corrected chi connectivity index (χ2v) is 8.57. The minimum atomic E-state index is -0.501. The van der Waals surface area contributed by atoms with E-state index in [0.717, 1.165) is 44.8 Å². The van der Waals surface area contributed by atoms with Gasteiger partial charge >= 0.3 is 0 Å². The van der Waals surface area contributed by atoms with Gasteiger partial charge in [-0.1, -0.05) is 35.9 Å². The molecule has 1 atom stereocenters. The highest BCUT2D eigenvalue weighted by Crippen LogP contribution is 2.29. The van der Waals surface area contributed by atoms with Crippen LogP contribution in [0.25, 0.3) is 11.1 Å². The first-order chi connectivity index (χ1) is 16.0. The fourth-order valence-corrected chi connectivity index (χ4v) is 4.50. The second-order valence-electron chi connectivity index (χ2n) is 8.14. The smallest absolute Gasteiger partial charge is 0.251 e.